The second-order valence-electron chi connectivity index (χ2n) is 13.6. The van der Waals surface area contributed by atoms with Gasteiger partial charge in [0.2, 0.25) is 0 Å². The van der Waals surface area contributed by atoms with E-state index in [1.165, 1.54) is 89.9 Å². The standard InChI is InChI=1S/C41H77O8P/c1-4-7-9-11-13-15-17-19-21-22-24-26-28-30-32-34-36-41(43)49-39(38-48-50(44,45)47-6-3)37-46-40(42)35-33-31-29-27-25-23-20-18-16-14-12-10-8-5-2/h18,20-22,39H,4-17,19,23-38H2,1-3H3,(H,44,45)/b20-18-,22-21-. The monoisotopic (exact) mass is 729 g/mol. The van der Waals surface area contributed by atoms with E-state index in [-0.39, 0.29) is 32.0 Å². The molecule has 0 spiro atoms. The van der Waals surface area contributed by atoms with Crippen molar-refractivity contribution in [2.24, 2.45) is 0 Å². The van der Waals surface area contributed by atoms with Crippen LogP contribution in [0.15, 0.2) is 24.3 Å². The molecular weight excluding hydrogens is 651 g/mol. The van der Waals surface area contributed by atoms with Gasteiger partial charge in [-0.15, -0.1) is 0 Å². The fourth-order valence-electron chi connectivity index (χ4n) is 5.68. The smallest absolute Gasteiger partial charge is 0.462 e. The van der Waals surface area contributed by atoms with Crippen molar-refractivity contribution in [3.8, 4) is 0 Å². The van der Waals surface area contributed by atoms with Crippen molar-refractivity contribution < 1.29 is 37.6 Å². The van der Waals surface area contributed by atoms with E-state index in [0.717, 1.165) is 70.6 Å². The van der Waals surface area contributed by atoms with Crippen LogP contribution in [0, 0.1) is 0 Å². The van der Waals surface area contributed by atoms with Gasteiger partial charge in [0.1, 0.15) is 6.61 Å². The van der Waals surface area contributed by atoms with Gasteiger partial charge in [-0.05, 0) is 71.1 Å². The predicted molar refractivity (Wildman–Crippen MR) is 207 cm³/mol. The Morgan fingerprint density at radius 3 is 1.32 bits per heavy atom. The molecule has 0 saturated carbocycles. The van der Waals surface area contributed by atoms with Crippen LogP contribution in [0.2, 0.25) is 0 Å². The van der Waals surface area contributed by atoms with Crippen LogP contribution in [-0.4, -0.2) is 42.8 Å². The number of phosphoric ester groups is 1. The topological polar surface area (TPSA) is 108 Å². The van der Waals surface area contributed by atoms with Gasteiger partial charge in [-0.25, -0.2) is 4.57 Å². The van der Waals surface area contributed by atoms with Crippen LogP contribution in [0.4, 0.5) is 0 Å². The third-order valence-electron chi connectivity index (χ3n) is 8.73. The molecule has 0 radical (unpaired) electrons. The molecule has 50 heavy (non-hydrogen) atoms. The van der Waals surface area contributed by atoms with Crippen molar-refractivity contribution in [1.82, 2.24) is 0 Å². The minimum absolute atomic E-state index is 0.00134. The van der Waals surface area contributed by atoms with E-state index in [1.54, 1.807) is 6.92 Å². The lowest BCUT2D eigenvalue weighted by Crippen LogP contribution is -2.29. The maximum atomic E-state index is 12.5. The molecule has 2 atom stereocenters. The second kappa shape index (κ2) is 37.3. The summed E-state index contributed by atoms with van der Waals surface area (Å²) in [6, 6.07) is 0. The molecule has 1 N–H and O–H groups in total. The second-order valence-corrected chi connectivity index (χ2v) is 15.1. The number of rotatable bonds is 38. The molecule has 0 heterocycles. The third-order valence-corrected chi connectivity index (χ3v) is 9.79. The zero-order valence-corrected chi connectivity index (χ0v) is 33.5. The van der Waals surface area contributed by atoms with E-state index in [0.29, 0.717) is 6.42 Å². The van der Waals surface area contributed by atoms with Crippen LogP contribution in [0.3, 0.4) is 0 Å². The van der Waals surface area contributed by atoms with Crippen molar-refractivity contribution >= 4 is 19.8 Å². The van der Waals surface area contributed by atoms with Gasteiger partial charge >= 0.3 is 19.8 Å². The number of hydrogen-bond acceptors (Lipinski definition) is 7. The number of carbonyl (C=O) groups is 2. The van der Waals surface area contributed by atoms with Crippen LogP contribution < -0.4 is 0 Å². The summed E-state index contributed by atoms with van der Waals surface area (Å²) in [5, 5.41) is 0. The van der Waals surface area contributed by atoms with Crippen molar-refractivity contribution in [3.63, 3.8) is 0 Å². The molecule has 0 aliphatic carbocycles. The number of ether oxygens (including phenoxy) is 2. The van der Waals surface area contributed by atoms with Crippen LogP contribution in [0.1, 0.15) is 201 Å². The first kappa shape index (κ1) is 48.5. The van der Waals surface area contributed by atoms with E-state index in [9.17, 15) is 19.0 Å². The Hall–Kier alpha value is -1.47. The first-order valence-corrected chi connectivity index (χ1v) is 22.1. The fraction of sp³-hybridized carbons (Fsp3) is 0.854. The number of unbranched alkanes of at least 4 members (excludes halogenated alkanes) is 22. The van der Waals surface area contributed by atoms with Gasteiger partial charge in [0.25, 0.3) is 0 Å². The van der Waals surface area contributed by atoms with Gasteiger partial charge in [0.15, 0.2) is 6.10 Å². The summed E-state index contributed by atoms with van der Waals surface area (Å²) >= 11 is 0. The zero-order valence-electron chi connectivity index (χ0n) is 32.6. The average molecular weight is 729 g/mol. The van der Waals surface area contributed by atoms with Crippen molar-refractivity contribution in [2.45, 2.75) is 207 Å². The maximum absolute atomic E-state index is 12.5. The molecule has 0 aromatic heterocycles. The Morgan fingerprint density at radius 1 is 0.520 bits per heavy atom. The lowest BCUT2D eigenvalue weighted by Gasteiger charge is -2.19. The maximum Gasteiger partial charge on any atom is 0.472 e. The number of phosphoric acid groups is 1. The summed E-state index contributed by atoms with van der Waals surface area (Å²) < 4.78 is 32.6. The van der Waals surface area contributed by atoms with E-state index in [1.807, 2.05) is 0 Å². The number of esters is 2. The molecule has 0 aromatic rings. The molecule has 9 heteroatoms. The van der Waals surface area contributed by atoms with Crippen LogP contribution in [-0.2, 0) is 32.7 Å². The summed E-state index contributed by atoms with van der Waals surface area (Å²) in [6.45, 7) is 5.45. The number of hydrogen-bond donors (Lipinski definition) is 1. The summed E-state index contributed by atoms with van der Waals surface area (Å²) in [4.78, 5) is 34.7. The summed E-state index contributed by atoms with van der Waals surface area (Å²) in [5.41, 5.74) is 0. The Balaban J connectivity index is 4.13. The summed E-state index contributed by atoms with van der Waals surface area (Å²) in [5.74, 6) is -0.813. The summed E-state index contributed by atoms with van der Waals surface area (Å²) in [7, 11) is -4.28. The molecule has 8 nitrogen and oxygen atoms in total. The third kappa shape index (κ3) is 36.3. The van der Waals surface area contributed by atoms with E-state index in [2.05, 4.69) is 38.2 Å². The Bertz CT molecular complexity index is 875. The normalized spacial score (nSPS) is 13.6. The Morgan fingerprint density at radius 2 is 0.900 bits per heavy atom. The molecule has 0 saturated heterocycles. The molecule has 0 amide bonds. The molecule has 294 valence electrons. The van der Waals surface area contributed by atoms with Crippen molar-refractivity contribution in [3.05, 3.63) is 24.3 Å². The minimum Gasteiger partial charge on any atom is -0.462 e. The summed E-state index contributed by atoms with van der Waals surface area (Å²) in [6.07, 6.45) is 39.4. The highest BCUT2D eigenvalue weighted by Gasteiger charge is 2.25. The van der Waals surface area contributed by atoms with Gasteiger partial charge < -0.3 is 14.4 Å². The van der Waals surface area contributed by atoms with Gasteiger partial charge in [-0.3, -0.25) is 18.6 Å². The molecule has 2 unspecified atom stereocenters. The molecule has 0 aromatic carbocycles. The fourth-order valence-corrected chi connectivity index (χ4v) is 6.43. The van der Waals surface area contributed by atoms with Gasteiger partial charge in [0.05, 0.1) is 13.2 Å². The lowest BCUT2D eigenvalue weighted by atomic mass is 10.1. The highest BCUT2D eigenvalue weighted by atomic mass is 31.2. The zero-order chi connectivity index (χ0) is 36.8. The molecule has 0 fully saturated rings. The highest BCUT2D eigenvalue weighted by Crippen LogP contribution is 2.43. The van der Waals surface area contributed by atoms with E-state index < -0.39 is 26.5 Å². The SMILES string of the molecule is CCCCCCC/C=C\CCCCCCCC(=O)OCC(COP(=O)(O)OCC)OC(=O)CCCCCCC/C=C\CCCCCCCCC. The van der Waals surface area contributed by atoms with Gasteiger partial charge in [0, 0.05) is 12.8 Å². The van der Waals surface area contributed by atoms with Gasteiger partial charge in [-0.2, -0.15) is 0 Å². The van der Waals surface area contributed by atoms with Crippen LogP contribution in [0.5, 0.6) is 0 Å². The Kier molecular flexibility index (Phi) is 36.2. The number of carbonyl (C=O) groups excluding carboxylic acids is 2. The van der Waals surface area contributed by atoms with E-state index in [4.69, 9.17) is 18.5 Å². The van der Waals surface area contributed by atoms with Crippen LogP contribution in [0.25, 0.3) is 0 Å². The molecule has 0 aliphatic rings. The lowest BCUT2D eigenvalue weighted by molar-refractivity contribution is -0.161. The first-order chi connectivity index (χ1) is 24.3. The predicted octanol–water partition coefficient (Wildman–Crippen LogP) is 12.7. The van der Waals surface area contributed by atoms with Crippen molar-refractivity contribution in [1.29, 1.82) is 0 Å². The average Bonchev–Trinajstić information content (AvgIpc) is 3.09. The molecule has 0 aliphatic heterocycles. The van der Waals surface area contributed by atoms with Crippen LogP contribution >= 0.6 is 7.82 Å². The number of allylic oxidation sites excluding steroid dienone is 4. The quantitative estimate of drug-likeness (QED) is 0.0290. The molecule has 0 bridgehead atoms. The largest absolute Gasteiger partial charge is 0.472 e. The van der Waals surface area contributed by atoms with Crippen molar-refractivity contribution in [2.75, 3.05) is 19.8 Å². The first-order valence-electron chi connectivity index (χ1n) is 20.6. The molecular formula is C41H77O8P. The minimum atomic E-state index is -4.28. The van der Waals surface area contributed by atoms with Gasteiger partial charge in [-0.1, -0.05) is 141 Å². The Labute approximate surface area is 307 Å². The molecule has 0 rings (SSSR count). The van der Waals surface area contributed by atoms with E-state index >= 15 is 0 Å². The highest BCUT2D eigenvalue weighted by molar-refractivity contribution is 7.47.